The van der Waals surface area contributed by atoms with E-state index in [2.05, 4.69) is 31.3 Å². The molecule has 19 heavy (non-hydrogen) atoms. The van der Waals surface area contributed by atoms with Gasteiger partial charge in [0.05, 0.1) is 12.5 Å². The molecule has 1 unspecified atom stereocenters. The molecular formula is C16H20ClNO. The Morgan fingerprint density at radius 1 is 1.32 bits per heavy atom. The summed E-state index contributed by atoms with van der Waals surface area (Å²) in [7, 11) is 0. The van der Waals surface area contributed by atoms with Crippen LogP contribution in [0.15, 0.2) is 41.2 Å². The normalized spacial score (nSPS) is 12.6. The van der Waals surface area contributed by atoms with Crippen LogP contribution in [0.2, 0.25) is 5.02 Å². The molecule has 0 bridgehead atoms. The standard InChI is InChI=1S/C16H20ClNO/c1-3-7-18-16(10-13-6-8-19-11-13)14-5-4-12(2)9-15(14)17/h4-6,8-9,11,16,18H,3,7,10H2,1-2H3. The summed E-state index contributed by atoms with van der Waals surface area (Å²) in [5.74, 6) is 0. The van der Waals surface area contributed by atoms with Crippen LogP contribution >= 0.6 is 11.6 Å². The fraction of sp³-hybridized carbons (Fsp3) is 0.375. The first-order valence-corrected chi connectivity index (χ1v) is 7.09. The second-order valence-electron chi connectivity index (χ2n) is 4.87. The van der Waals surface area contributed by atoms with E-state index in [1.807, 2.05) is 12.1 Å². The molecule has 1 aromatic carbocycles. The number of rotatable bonds is 6. The highest BCUT2D eigenvalue weighted by atomic mass is 35.5. The third kappa shape index (κ3) is 3.85. The van der Waals surface area contributed by atoms with Crippen LogP contribution in [0.25, 0.3) is 0 Å². The number of hydrogen-bond acceptors (Lipinski definition) is 2. The Bertz CT molecular complexity index is 507. The summed E-state index contributed by atoms with van der Waals surface area (Å²) in [5.41, 5.74) is 3.53. The molecule has 2 rings (SSSR count). The van der Waals surface area contributed by atoms with Crippen molar-refractivity contribution in [1.82, 2.24) is 5.32 Å². The van der Waals surface area contributed by atoms with Crippen molar-refractivity contribution in [2.45, 2.75) is 32.7 Å². The Hall–Kier alpha value is -1.25. The van der Waals surface area contributed by atoms with Crippen molar-refractivity contribution in [3.8, 4) is 0 Å². The van der Waals surface area contributed by atoms with Crippen LogP contribution in [0.1, 0.15) is 36.1 Å². The fourth-order valence-corrected chi connectivity index (χ4v) is 2.54. The first-order chi connectivity index (χ1) is 9.20. The molecule has 102 valence electrons. The lowest BCUT2D eigenvalue weighted by Gasteiger charge is -2.20. The molecule has 0 aliphatic carbocycles. The lowest BCUT2D eigenvalue weighted by atomic mass is 9.99. The van der Waals surface area contributed by atoms with Gasteiger partial charge in [-0.3, -0.25) is 0 Å². The lowest BCUT2D eigenvalue weighted by Crippen LogP contribution is -2.24. The molecule has 0 aliphatic rings. The molecule has 0 radical (unpaired) electrons. The molecule has 0 aliphatic heterocycles. The molecule has 2 nitrogen and oxygen atoms in total. The van der Waals surface area contributed by atoms with Gasteiger partial charge in [-0.25, -0.2) is 0 Å². The topological polar surface area (TPSA) is 25.2 Å². The van der Waals surface area contributed by atoms with Crippen LogP contribution in [0.5, 0.6) is 0 Å². The summed E-state index contributed by atoms with van der Waals surface area (Å²) >= 11 is 6.38. The van der Waals surface area contributed by atoms with Crippen LogP contribution < -0.4 is 5.32 Å². The van der Waals surface area contributed by atoms with Gasteiger partial charge in [-0.1, -0.05) is 30.7 Å². The number of halogens is 1. The van der Waals surface area contributed by atoms with Gasteiger partial charge in [0.15, 0.2) is 0 Å². The Morgan fingerprint density at radius 3 is 2.79 bits per heavy atom. The first-order valence-electron chi connectivity index (χ1n) is 6.71. The van der Waals surface area contributed by atoms with Crippen molar-refractivity contribution in [3.63, 3.8) is 0 Å². The molecule has 3 heteroatoms. The van der Waals surface area contributed by atoms with Crippen molar-refractivity contribution in [1.29, 1.82) is 0 Å². The van der Waals surface area contributed by atoms with Gasteiger partial charge in [-0.15, -0.1) is 0 Å². The SMILES string of the molecule is CCCNC(Cc1ccoc1)c1ccc(C)cc1Cl. The summed E-state index contributed by atoms with van der Waals surface area (Å²) in [4.78, 5) is 0. The largest absolute Gasteiger partial charge is 0.472 e. The maximum atomic E-state index is 6.38. The maximum absolute atomic E-state index is 6.38. The average molecular weight is 278 g/mol. The van der Waals surface area contributed by atoms with Crippen molar-refractivity contribution in [2.24, 2.45) is 0 Å². The monoisotopic (exact) mass is 277 g/mol. The number of furan rings is 1. The zero-order valence-electron chi connectivity index (χ0n) is 11.4. The van der Waals surface area contributed by atoms with Gasteiger partial charge in [0.2, 0.25) is 0 Å². The van der Waals surface area contributed by atoms with Gasteiger partial charge in [-0.2, -0.15) is 0 Å². The molecule has 0 amide bonds. The molecule has 0 spiro atoms. The molecule has 0 saturated heterocycles. The highest BCUT2D eigenvalue weighted by Crippen LogP contribution is 2.27. The average Bonchev–Trinajstić information content (AvgIpc) is 2.88. The number of hydrogen-bond donors (Lipinski definition) is 1. The van der Waals surface area contributed by atoms with Crippen LogP contribution in [0, 0.1) is 6.92 Å². The van der Waals surface area contributed by atoms with Crippen LogP contribution in [0.3, 0.4) is 0 Å². The van der Waals surface area contributed by atoms with Crippen molar-refractivity contribution in [3.05, 3.63) is 58.5 Å². The van der Waals surface area contributed by atoms with Crippen molar-refractivity contribution in [2.75, 3.05) is 6.54 Å². The number of aryl methyl sites for hydroxylation is 1. The quantitative estimate of drug-likeness (QED) is 0.839. The van der Waals surface area contributed by atoms with Crippen LogP contribution in [-0.4, -0.2) is 6.54 Å². The van der Waals surface area contributed by atoms with Crippen molar-refractivity contribution < 1.29 is 4.42 Å². The van der Waals surface area contributed by atoms with Gasteiger partial charge in [0, 0.05) is 11.1 Å². The smallest absolute Gasteiger partial charge is 0.0935 e. The minimum atomic E-state index is 0.227. The number of nitrogens with one attached hydrogen (secondary N) is 1. The Balaban J connectivity index is 2.20. The summed E-state index contributed by atoms with van der Waals surface area (Å²) < 4.78 is 5.14. The minimum Gasteiger partial charge on any atom is -0.472 e. The van der Waals surface area contributed by atoms with Gasteiger partial charge in [-0.05, 0) is 55.1 Å². The zero-order valence-corrected chi connectivity index (χ0v) is 12.2. The van der Waals surface area contributed by atoms with E-state index in [4.69, 9.17) is 16.0 Å². The van der Waals surface area contributed by atoms with E-state index in [1.165, 1.54) is 11.1 Å². The second kappa shape index (κ2) is 6.78. The highest BCUT2D eigenvalue weighted by Gasteiger charge is 2.15. The summed E-state index contributed by atoms with van der Waals surface area (Å²) in [5, 5.41) is 4.39. The van der Waals surface area contributed by atoms with Gasteiger partial charge in [0.25, 0.3) is 0 Å². The third-order valence-electron chi connectivity index (χ3n) is 3.19. The molecule has 1 atom stereocenters. The van der Waals surface area contributed by atoms with E-state index >= 15 is 0 Å². The minimum absolute atomic E-state index is 0.227. The molecule has 1 N–H and O–H groups in total. The fourth-order valence-electron chi connectivity index (χ4n) is 2.17. The van der Waals surface area contributed by atoms with Crippen LogP contribution in [-0.2, 0) is 6.42 Å². The molecule has 0 saturated carbocycles. The van der Waals surface area contributed by atoms with Gasteiger partial charge in [0.1, 0.15) is 0 Å². The highest BCUT2D eigenvalue weighted by molar-refractivity contribution is 6.31. The number of benzene rings is 1. The molecule has 2 aromatic rings. The summed E-state index contributed by atoms with van der Waals surface area (Å²) in [6.45, 7) is 5.20. The molecule has 1 heterocycles. The Kier molecular flexibility index (Phi) is 5.06. The maximum Gasteiger partial charge on any atom is 0.0935 e. The third-order valence-corrected chi connectivity index (χ3v) is 3.52. The molecule has 1 aromatic heterocycles. The Morgan fingerprint density at radius 2 is 2.16 bits per heavy atom. The van der Waals surface area contributed by atoms with E-state index in [9.17, 15) is 0 Å². The van der Waals surface area contributed by atoms with E-state index in [1.54, 1.807) is 12.5 Å². The predicted octanol–water partition coefficient (Wildman–Crippen LogP) is 4.52. The van der Waals surface area contributed by atoms with Crippen molar-refractivity contribution >= 4 is 11.6 Å². The van der Waals surface area contributed by atoms with E-state index < -0.39 is 0 Å². The Labute approximate surface area is 119 Å². The lowest BCUT2D eigenvalue weighted by molar-refractivity contribution is 0.520. The van der Waals surface area contributed by atoms with E-state index in [-0.39, 0.29) is 6.04 Å². The summed E-state index contributed by atoms with van der Waals surface area (Å²) in [6.07, 6.45) is 5.50. The predicted molar refractivity (Wildman–Crippen MR) is 79.6 cm³/mol. The van der Waals surface area contributed by atoms with Crippen LogP contribution in [0.4, 0.5) is 0 Å². The van der Waals surface area contributed by atoms with E-state index in [0.29, 0.717) is 0 Å². The summed E-state index contributed by atoms with van der Waals surface area (Å²) in [6, 6.07) is 8.48. The van der Waals surface area contributed by atoms with Gasteiger partial charge >= 0.3 is 0 Å². The zero-order chi connectivity index (χ0) is 13.7. The molecular weight excluding hydrogens is 258 g/mol. The molecule has 0 fully saturated rings. The first kappa shape index (κ1) is 14.2. The van der Waals surface area contributed by atoms with E-state index in [0.717, 1.165) is 30.0 Å². The second-order valence-corrected chi connectivity index (χ2v) is 5.27. The van der Waals surface area contributed by atoms with Gasteiger partial charge < -0.3 is 9.73 Å².